The maximum Gasteiger partial charge on any atom is 0.410 e. The first-order chi connectivity index (χ1) is 15.4. The molecular weight excluding hydrogens is 423 g/mol. The number of furan rings is 1. The lowest BCUT2D eigenvalue weighted by Gasteiger charge is -2.35. The molecule has 0 saturated carbocycles. The van der Waals surface area contributed by atoms with Crippen LogP contribution >= 0.6 is 0 Å². The molecule has 1 amide bonds. The fourth-order valence-electron chi connectivity index (χ4n) is 4.32. The first-order valence-electron chi connectivity index (χ1n) is 10.5. The summed E-state index contributed by atoms with van der Waals surface area (Å²) < 4.78 is 47.5. The molecule has 168 valence electrons. The molecule has 2 aromatic heterocycles. The van der Waals surface area contributed by atoms with Gasteiger partial charge in [0.1, 0.15) is 11.6 Å². The van der Waals surface area contributed by atoms with Crippen molar-refractivity contribution in [2.45, 2.75) is 24.7 Å². The van der Waals surface area contributed by atoms with E-state index in [1.54, 1.807) is 17.0 Å². The van der Waals surface area contributed by atoms with E-state index >= 15 is 0 Å². The maximum absolute atomic E-state index is 13.8. The molecule has 10 heteroatoms. The van der Waals surface area contributed by atoms with Gasteiger partial charge in [0.25, 0.3) is 5.91 Å². The van der Waals surface area contributed by atoms with Gasteiger partial charge in [-0.3, -0.25) is 4.79 Å². The van der Waals surface area contributed by atoms with Crippen LogP contribution in [0.4, 0.5) is 24.7 Å². The van der Waals surface area contributed by atoms with Gasteiger partial charge in [0.15, 0.2) is 11.7 Å². The highest BCUT2D eigenvalue weighted by atomic mass is 19.4. The second-order valence-electron chi connectivity index (χ2n) is 7.98. The summed E-state index contributed by atoms with van der Waals surface area (Å²) in [7, 11) is 0. The number of nitrogens with one attached hydrogen (secondary N) is 1. The Morgan fingerprint density at radius 2 is 1.81 bits per heavy atom. The van der Waals surface area contributed by atoms with Gasteiger partial charge in [-0.15, -0.1) is 0 Å². The average molecular weight is 445 g/mol. The Hall–Kier alpha value is -3.43. The molecule has 1 aromatic carbocycles. The van der Waals surface area contributed by atoms with Crippen molar-refractivity contribution in [2.24, 2.45) is 0 Å². The molecule has 0 bridgehead atoms. The molecule has 1 fully saturated rings. The number of hydrogen-bond donors (Lipinski definition) is 1. The normalized spacial score (nSPS) is 21.2. The number of halogens is 3. The van der Waals surface area contributed by atoms with E-state index in [9.17, 15) is 18.0 Å². The van der Waals surface area contributed by atoms with Crippen molar-refractivity contribution in [1.82, 2.24) is 14.7 Å². The molecule has 1 saturated heterocycles. The van der Waals surface area contributed by atoms with E-state index in [1.807, 2.05) is 30.3 Å². The van der Waals surface area contributed by atoms with Crippen molar-refractivity contribution < 1.29 is 22.4 Å². The molecular formula is C22H22F3N5O2. The molecule has 2 aliphatic rings. The summed E-state index contributed by atoms with van der Waals surface area (Å²) in [5.41, 5.74) is 1.09. The first kappa shape index (κ1) is 20.5. The molecule has 3 aromatic rings. The lowest BCUT2D eigenvalue weighted by Crippen LogP contribution is -2.49. The van der Waals surface area contributed by atoms with Crippen LogP contribution in [-0.4, -0.2) is 52.9 Å². The topological polar surface area (TPSA) is 66.5 Å². The Bertz CT molecular complexity index is 1070. The summed E-state index contributed by atoms with van der Waals surface area (Å²) in [5.74, 6) is 0.208. The van der Waals surface area contributed by atoms with Crippen LogP contribution in [0.1, 0.15) is 34.8 Å². The van der Waals surface area contributed by atoms with Crippen LogP contribution in [0.2, 0.25) is 0 Å². The average Bonchev–Trinajstić information content (AvgIpc) is 3.48. The number of para-hydroxylation sites is 1. The lowest BCUT2D eigenvalue weighted by molar-refractivity contribution is -0.174. The summed E-state index contributed by atoms with van der Waals surface area (Å²) >= 11 is 0. The van der Waals surface area contributed by atoms with E-state index in [-0.39, 0.29) is 23.8 Å². The van der Waals surface area contributed by atoms with Crippen LogP contribution in [-0.2, 0) is 0 Å². The minimum Gasteiger partial charge on any atom is -0.467 e. The number of aromatic nitrogens is 2. The number of carbonyl (C=O) groups excluding carboxylic acids is 1. The number of hydrogen-bond acceptors (Lipinski definition) is 5. The predicted molar refractivity (Wildman–Crippen MR) is 112 cm³/mol. The highest BCUT2D eigenvalue weighted by Gasteiger charge is 2.47. The Kier molecular flexibility index (Phi) is 5.07. The van der Waals surface area contributed by atoms with Gasteiger partial charge in [-0.1, -0.05) is 18.2 Å². The number of piperazine rings is 1. The predicted octanol–water partition coefficient (Wildman–Crippen LogP) is 4.10. The molecule has 0 aliphatic carbocycles. The third-order valence-electron chi connectivity index (χ3n) is 5.98. The van der Waals surface area contributed by atoms with Crippen molar-refractivity contribution in [3.8, 4) is 0 Å². The van der Waals surface area contributed by atoms with Gasteiger partial charge in [-0.25, -0.2) is 4.68 Å². The summed E-state index contributed by atoms with van der Waals surface area (Å²) in [6, 6.07) is 12.1. The number of carbonyl (C=O) groups is 1. The van der Waals surface area contributed by atoms with Crippen LogP contribution in [0.15, 0.2) is 59.2 Å². The summed E-state index contributed by atoms with van der Waals surface area (Å²) in [6.07, 6.45) is -3.35. The molecule has 4 heterocycles. The van der Waals surface area contributed by atoms with E-state index in [1.165, 1.54) is 12.3 Å². The first-order valence-corrected chi connectivity index (χ1v) is 10.5. The van der Waals surface area contributed by atoms with Crippen LogP contribution in [0.3, 0.4) is 0 Å². The van der Waals surface area contributed by atoms with E-state index in [0.29, 0.717) is 31.9 Å². The summed E-state index contributed by atoms with van der Waals surface area (Å²) in [5, 5.41) is 7.10. The fraction of sp³-hybridized carbons (Fsp3) is 0.364. The molecule has 2 aliphatic heterocycles. The number of amides is 1. The van der Waals surface area contributed by atoms with Crippen molar-refractivity contribution >= 4 is 17.4 Å². The Morgan fingerprint density at radius 1 is 1.06 bits per heavy atom. The molecule has 5 rings (SSSR count). The van der Waals surface area contributed by atoms with Crippen LogP contribution in [0.5, 0.6) is 0 Å². The Morgan fingerprint density at radius 3 is 2.47 bits per heavy atom. The van der Waals surface area contributed by atoms with Gasteiger partial charge in [0, 0.05) is 44.4 Å². The fourth-order valence-corrected chi connectivity index (χ4v) is 4.32. The van der Waals surface area contributed by atoms with Gasteiger partial charge < -0.3 is 19.5 Å². The zero-order valence-electron chi connectivity index (χ0n) is 17.1. The smallest absolute Gasteiger partial charge is 0.410 e. The number of rotatable bonds is 3. The quantitative estimate of drug-likeness (QED) is 0.658. The second kappa shape index (κ2) is 7.92. The monoisotopic (exact) mass is 445 g/mol. The van der Waals surface area contributed by atoms with Crippen molar-refractivity contribution in [1.29, 1.82) is 0 Å². The third kappa shape index (κ3) is 3.80. The van der Waals surface area contributed by atoms with Crippen molar-refractivity contribution in [2.75, 3.05) is 36.4 Å². The molecule has 32 heavy (non-hydrogen) atoms. The van der Waals surface area contributed by atoms with Crippen LogP contribution in [0.25, 0.3) is 0 Å². The molecule has 0 unspecified atom stereocenters. The second-order valence-corrected chi connectivity index (χ2v) is 7.98. The van der Waals surface area contributed by atoms with E-state index in [0.717, 1.165) is 10.4 Å². The Labute approximate surface area is 182 Å². The minimum absolute atomic E-state index is 0.00926. The molecule has 7 nitrogen and oxygen atoms in total. The minimum atomic E-state index is -4.50. The van der Waals surface area contributed by atoms with Crippen LogP contribution in [0, 0.1) is 0 Å². The molecule has 0 radical (unpaired) electrons. The number of fused-ring (bicyclic) bond motifs is 1. The highest BCUT2D eigenvalue weighted by molar-refractivity contribution is 5.93. The van der Waals surface area contributed by atoms with Gasteiger partial charge in [-0.2, -0.15) is 18.3 Å². The standard InChI is InChI=1S/C22H22F3N5O2/c23-22(24,25)19-13-16(18-7-4-12-32-18)26-20-14-17(27-30(19)20)21(31)29-10-8-28(9-11-29)15-5-2-1-3-6-15/h1-7,12,14,16,19,26H,8-11,13H2/t16-,19+/m0/s1. The zero-order chi connectivity index (χ0) is 22.3. The number of alkyl halides is 3. The summed E-state index contributed by atoms with van der Waals surface area (Å²) in [6.45, 7) is 2.24. The van der Waals surface area contributed by atoms with Gasteiger partial charge in [0.05, 0.1) is 12.3 Å². The highest BCUT2D eigenvalue weighted by Crippen LogP contribution is 2.43. The van der Waals surface area contributed by atoms with Crippen molar-refractivity contribution in [3.05, 3.63) is 66.2 Å². The van der Waals surface area contributed by atoms with E-state index < -0.39 is 18.3 Å². The SMILES string of the molecule is O=C(c1cc2n(n1)[C@@H](C(F)(F)F)C[C@@H](c1ccco1)N2)N1CCN(c2ccccc2)CC1. The van der Waals surface area contributed by atoms with E-state index in [2.05, 4.69) is 15.3 Å². The third-order valence-corrected chi connectivity index (χ3v) is 5.98. The summed E-state index contributed by atoms with van der Waals surface area (Å²) in [4.78, 5) is 16.8. The maximum atomic E-state index is 13.8. The molecule has 1 N–H and O–H groups in total. The number of nitrogens with zero attached hydrogens (tertiary/aromatic N) is 4. The van der Waals surface area contributed by atoms with Gasteiger partial charge in [0.2, 0.25) is 0 Å². The zero-order valence-corrected chi connectivity index (χ0v) is 17.1. The number of anilines is 2. The molecule has 0 spiro atoms. The van der Waals surface area contributed by atoms with Gasteiger partial charge in [-0.05, 0) is 24.3 Å². The van der Waals surface area contributed by atoms with Crippen molar-refractivity contribution in [3.63, 3.8) is 0 Å². The largest absolute Gasteiger partial charge is 0.467 e. The van der Waals surface area contributed by atoms with E-state index in [4.69, 9.17) is 4.42 Å². The lowest BCUT2D eigenvalue weighted by atomic mass is 10.0. The number of benzene rings is 1. The Balaban J connectivity index is 1.34. The molecule has 2 atom stereocenters. The van der Waals surface area contributed by atoms with Crippen LogP contribution < -0.4 is 10.2 Å². The van der Waals surface area contributed by atoms with Gasteiger partial charge >= 0.3 is 6.18 Å².